The van der Waals surface area contributed by atoms with Crippen LogP contribution in [0.25, 0.3) is 0 Å². The van der Waals surface area contributed by atoms with E-state index in [9.17, 15) is 14.4 Å². The molecule has 0 fully saturated rings. The Kier molecular flexibility index (Phi) is 20.2. The first-order valence-electron chi connectivity index (χ1n) is 11.2. The number of hydrogen-bond acceptors (Lipinski definition) is 7. The number of carbonyl (C=O) groups is 4. The molecule has 2 unspecified atom stereocenters. The number of amides is 2. The van der Waals surface area contributed by atoms with Crippen molar-refractivity contribution in [2.75, 3.05) is 14.1 Å². The normalized spacial score (nSPS) is 11.9. The Morgan fingerprint density at radius 3 is 1.77 bits per heavy atom. The molecule has 0 spiro atoms. The Labute approximate surface area is 210 Å². The van der Waals surface area contributed by atoms with Crippen LogP contribution in [0.15, 0.2) is 24.3 Å². The molecular weight excluding hydrogens is 452 g/mol. The van der Waals surface area contributed by atoms with E-state index in [1.54, 1.807) is 6.92 Å². The van der Waals surface area contributed by atoms with Gasteiger partial charge < -0.3 is 36.3 Å². The molecule has 0 aliphatic carbocycles. The molecule has 0 aliphatic heterocycles. The van der Waals surface area contributed by atoms with Gasteiger partial charge in [0.25, 0.3) is 6.47 Å². The number of hydrogen-bond donors (Lipinski definition) is 5. The van der Waals surface area contributed by atoms with Crippen molar-refractivity contribution in [2.24, 2.45) is 5.73 Å². The van der Waals surface area contributed by atoms with Gasteiger partial charge in [0.1, 0.15) is 17.6 Å². The number of carboxylic acid groups (broad SMARTS) is 1. The fraction of sp³-hybridized carbons (Fsp3) is 0.600. The van der Waals surface area contributed by atoms with Crippen LogP contribution in [0.1, 0.15) is 61.0 Å². The number of primary amides is 1. The van der Waals surface area contributed by atoms with Crippen LogP contribution in [0.2, 0.25) is 0 Å². The van der Waals surface area contributed by atoms with E-state index in [0.717, 1.165) is 17.6 Å². The smallest absolute Gasteiger partial charge is 0.290 e. The maximum atomic E-state index is 12.2. The van der Waals surface area contributed by atoms with Crippen LogP contribution in [0.3, 0.4) is 0 Å². The summed E-state index contributed by atoms with van der Waals surface area (Å²) in [5.74, 6) is 0.269. The van der Waals surface area contributed by atoms with Crippen molar-refractivity contribution >= 4 is 24.6 Å². The third-order valence-electron chi connectivity index (χ3n) is 3.34. The Balaban J connectivity index is -0.000000871. The van der Waals surface area contributed by atoms with E-state index >= 15 is 0 Å². The van der Waals surface area contributed by atoms with Crippen LogP contribution < -0.4 is 26.4 Å². The standard InChI is InChI=1S/C20H32N2O3.C2H5NO.C2H7N.CH2O2/c1-14(22-19(2,3)4)18(24)21-16(13-23)12-15-8-10-17(11-9-15)25-20(5,6)7;1-2(3)4;1-3-2;2-1-3/h8-11,13-14,16,22H,12H2,1-7H3,(H,21,24);1H3,(H2,3,4);3H,1-2H3;1H,(H,2,3). The number of aldehydes is 1. The molecule has 2 amide bonds. The lowest BCUT2D eigenvalue weighted by Crippen LogP contribution is -2.52. The van der Waals surface area contributed by atoms with Crippen molar-refractivity contribution in [1.82, 2.24) is 16.0 Å². The Morgan fingerprint density at radius 1 is 1.06 bits per heavy atom. The first-order valence-corrected chi connectivity index (χ1v) is 11.2. The van der Waals surface area contributed by atoms with Crippen molar-refractivity contribution in [1.29, 1.82) is 0 Å². The van der Waals surface area contributed by atoms with Crippen LogP contribution in [0.4, 0.5) is 0 Å². The van der Waals surface area contributed by atoms with Gasteiger partial charge in [0.2, 0.25) is 11.8 Å². The van der Waals surface area contributed by atoms with Crippen LogP contribution in [-0.4, -0.2) is 67.0 Å². The summed E-state index contributed by atoms with van der Waals surface area (Å²) in [6.45, 7) is 14.8. The third kappa shape index (κ3) is 27.1. The molecule has 0 bridgehead atoms. The third-order valence-corrected chi connectivity index (χ3v) is 3.34. The molecule has 0 aliphatic rings. The molecule has 202 valence electrons. The van der Waals surface area contributed by atoms with E-state index in [0.29, 0.717) is 6.42 Å². The molecule has 35 heavy (non-hydrogen) atoms. The predicted molar refractivity (Wildman–Crippen MR) is 139 cm³/mol. The minimum Gasteiger partial charge on any atom is -0.488 e. The molecule has 1 aromatic rings. The second kappa shape index (κ2) is 19.3. The van der Waals surface area contributed by atoms with Gasteiger partial charge in [-0.3, -0.25) is 14.4 Å². The number of ether oxygens (including phenoxy) is 1. The van der Waals surface area contributed by atoms with Gasteiger partial charge >= 0.3 is 0 Å². The number of carbonyl (C=O) groups excluding carboxylic acids is 3. The molecule has 0 radical (unpaired) electrons. The van der Waals surface area contributed by atoms with Crippen LogP contribution in [0.5, 0.6) is 5.75 Å². The van der Waals surface area contributed by atoms with E-state index in [1.165, 1.54) is 6.92 Å². The highest BCUT2D eigenvalue weighted by molar-refractivity contribution is 5.84. The van der Waals surface area contributed by atoms with Gasteiger partial charge in [-0.1, -0.05) is 12.1 Å². The maximum absolute atomic E-state index is 12.2. The van der Waals surface area contributed by atoms with Crippen molar-refractivity contribution in [2.45, 2.75) is 85.0 Å². The Morgan fingerprint density at radius 2 is 1.46 bits per heavy atom. The van der Waals surface area contributed by atoms with E-state index in [4.69, 9.17) is 14.6 Å². The van der Waals surface area contributed by atoms with Gasteiger partial charge in [-0.25, -0.2) is 0 Å². The molecule has 1 rings (SSSR count). The van der Waals surface area contributed by atoms with Crippen molar-refractivity contribution in [3.8, 4) is 5.75 Å². The highest BCUT2D eigenvalue weighted by atomic mass is 16.5. The fourth-order valence-electron chi connectivity index (χ4n) is 2.46. The molecule has 0 heterocycles. The second-order valence-corrected chi connectivity index (χ2v) is 9.65. The van der Waals surface area contributed by atoms with Crippen molar-refractivity contribution < 1.29 is 29.0 Å². The lowest BCUT2D eigenvalue weighted by molar-refractivity contribution is -0.125. The molecular formula is C25H46N4O6. The lowest BCUT2D eigenvalue weighted by atomic mass is 10.1. The molecule has 6 N–H and O–H groups in total. The largest absolute Gasteiger partial charge is 0.488 e. The minimum atomic E-state index is -0.550. The van der Waals surface area contributed by atoms with Gasteiger partial charge in [-0.05, 0) is 86.7 Å². The SMILES string of the molecule is CC(N)=O.CC(NC(C)(C)C)C(=O)NC(C=O)Cc1ccc(OC(C)(C)C)cc1.CNC.O=CO. The molecule has 10 nitrogen and oxygen atoms in total. The first-order chi connectivity index (χ1) is 16.0. The molecule has 0 aromatic heterocycles. The van der Waals surface area contributed by atoms with Gasteiger partial charge in [0.15, 0.2) is 0 Å². The summed E-state index contributed by atoms with van der Waals surface area (Å²) in [6.07, 6.45) is 1.23. The topological polar surface area (TPSA) is 160 Å². The van der Waals surface area contributed by atoms with E-state index < -0.39 is 6.04 Å². The molecule has 0 saturated carbocycles. The van der Waals surface area contributed by atoms with Crippen molar-refractivity contribution in [3.05, 3.63) is 29.8 Å². The molecule has 1 aromatic carbocycles. The number of nitrogens with two attached hydrogens (primary N) is 1. The zero-order valence-corrected chi connectivity index (χ0v) is 22.9. The zero-order valence-electron chi connectivity index (χ0n) is 22.9. The molecule has 10 heteroatoms. The van der Waals surface area contributed by atoms with Crippen LogP contribution in [0, 0.1) is 0 Å². The quantitative estimate of drug-likeness (QED) is 0.356. The summed E-state index contributed by atoms with van der Waals surface area (Å²) in [5.41, 5.74) is 5.02. The molecule has 2 atom stereocenters. The number of nitrogens with one attached hydrogen (secondary N) is 3. The minimum absolute atomic E-state index is 0.170. The summed E-state index contributed by atoms with van der Waals surface area (Å²) in [7, 11) is 3.75. The van der Waals surface area contributed by atoms with Gasteiger partial charge in [0.05, 0.1) is 12.1 Å². The predicted octanol–water partition coefficient (Wildman–Crippen LogP) is 1.89. The zero-order chi connectivity index (χ0) is 28.2. The summed E-state index contributed by atoms with van der Waals surface area (Å²) in [6, 6.07) is 6.68. The van der Waals surface area contributed by atoms with Crippen molar-refractivity contribution in [3.63, 3.8) is 0 Å². The number of rotatable bonds is 7. The fourth-order valence-corrected chi connectivity index (χ4v) is 2.46. The second-order valence-electron chi connectivity index (χ2n) is 9.65. The average molecular weight is 499 g/mol. The van der Waals surface area contributed by atoms with E-state index in [2.05, 4.69) is 21.7 Å². The lowest BCUT2D eigenvalue weighted by Gasteiger charge is -2.26. The summed E-state index contributed by atoms with van der Waals surface area (Å²) in [4.78, 5) is 41.2. The summed E-state index contributed by atoms with van der Waals surface area (Å²) >= 11 is 0. The highest BCUT2D eigenvalue weighted by Gasteiger charge is 2.22. The van der Waals surface area contributed by atoms with Gasteiger partial charge in [-0.2, -0.15) is 0 Å². The highest BCUT2D eigenvalue weighted by Crippen LogP contribution is 2.19. The maximum Gasteiger partial charge on any atom is 0.290 e. The van der Waals surface area contributed by atoms with Crippen LogP contribution in [-0.2, 0) is 25.6 Å². The Hall–Kier alpha value is -2.98. The Bertz CT molecular complexity index is 721. The van der Waals surface area contributed by atoms with Gasteiger partial charge in [0, 0.05) is 12.5 Å². The monoisotopic (exact) mass is 498 g/mol. The van der Waals surface area contributed by atoms with E-state index in [1.807, 2.05) is 79.9 Å². The number of benzene rings is 1. The van der Waals surface area contributed by atoms with E-state index in [-0.39, 0.29) is 35.5 Å². The van der Waals surface area contributed by atoms with Gasteiger partial charge in [-0.15, -0.1) is 0 Å². The summed E-state index contributed by atoms with van der Waals surface area (Å²) < 4.78 is 5.78. The first kappa shape index (κ1) is 36.6. The van der Waals surface area contributed by atoms with Crippen LogP contribution >= 0.6 is 0 Å². The molecule has 0 saturated heterocycles. The summed E-state index contributed by atoms with van der Waals surface area (Å²) in [5, 5.41) is 15.6. The average Bonchev–Trinajstić information content (AvgIpc) is 2.67.